The van der Waals surface area contributed by atoms with E-state index in [0.29, 0.717) is 6.07 Å². The fraction of sp³-hybridized carbons (Fsp3) is 0.263. The van der Waals surface area contributed by atoms with E-state index in [9.17, 15) is 35.5 Å². The van der Waals surface area contributed by atoms with E-state index in [0.717, 1.165) is 49.1 Å². The molecule has 1 amide bonds. The summed E-state index contributed by atoms with van der Waals surface area (Å²) in [7, 11) is 0. The minimum Gasteiger partial charge on any atom is -0.478 e. The van der Waals surface area contributed by atoms with Gasteiger partial charge in [-0.05, 0) is 26.0 Å². The number of alkyl halides is 6. The Hall–Kier alpha value is -3.91. The molecule has 3 aromatic rings. The fourth-order valence-electron chi connectivity index (χ4n) is 2.61. The number of halogens is 7. The van der Waals surface area contributed by atoms with Crippen LogP contribution in [0.5, 0.6) is 11.6 Å². The largest absolute Gasteiger partial charge is 0.478 e. The molecule has 15 heteroatoms. The molecule has 2 aromatic heterocycles. The van der Waals surface area contributed by atoms with Crippen molar-refractivity contribution in [2.45, 2.75) is 31.8 Å². The highest BCUT2D eigenvalue weighted by molar-refractivity contribution is 5.70. The average molecular weight is 493 g/mol. The van der Waals surface area contributed by atoms with Gasteiger partial charge < -0.3 is 15.2 Å². The lowest BCUT2D eigenvalue weighted by molar-refractivity contribution is -0.234. The molecule has 0 aliphatic carbocycles. The molecular formula is C19H14F7N5O3. The molecule has 0 saturated carbocycles. The van der Waals surface area contributed by atoms with Crippen molar-refractivity contribution in [3.8, 4) is 28.6 Å². The van der Waals surface area contributed by atoms with Gasteiger partial charge in [0.2, 0.25) is 11.7 Å². The number of carbonyl (C=O) groups excluding carboxylic acids is 1. The molecule has 3 rings (SSSR count). The van der Waals surface area contributed by atoms with Gasteiger partial charge in [0.15, 0.2) is 5.60 Å². The topological polar surface area (TPSA) is 105 Å². The van der Waals surface area contributed by atoms with Crippen LogP contribution in [0.3, 0.4) is 0 Å². The van der Waals surface area contributed by atoms with Crippen molar-refractivity contribution >= 4 is 6.09 Å². The SMILES string of the molecule is CC(C)(Oc1cc(F)cc(-c2cc(OC(N)=O)nn2-c2cnc(C(F)(F)F)nc2)c1)C(F)(F)F. The first-order valence-electron chi connectivity index (χ1n) is 9.10. The van der Waals surface area contributed by atoms with Crippen LogP contribution in [0.25, 0.3) is 16.9 Å². The minimum atomic E-state index is -4.83. The first-order valence-corrected chi connectivity index (χ1v) is 9.10. The van der Waals surface area contributed by atoms with Crippen LogP contribution in [-0.2, 0) is 6.18 Å². The zero-order chi connectivity index (χ0) is 25.5. The Kier molecular flexibility index (Phi) is 6.15. The summed E-state index contributed by atoms with van der Waals surface area (Å²) < 4.78 is 103. The lowest BCUT2D eigenvalue weighted by atomic mass is 10.1. The molecule has 182 valence electrons. The van der Waals surface area contributed by atoms with Crippen molar-refractivity contribution in [2.24, 2.45) is 5.73 Å². The van der Waals surface area contributed by atoms with Gasteiger partial charge in [-0.3, -0.25) is 0 Å². The van der Waals surface area contributed by atoms with Gasteiger partial charge >= 0.3 is 18.4 Å². The molecule has 2 heterocycles. The van der Waals surface area contributed by atoms with Gasteiger partial charge in [-0.15, -0.1) is 5.10 Å². The van der Waals surface area contributed by atoms with Gasteiger partial charge in [0.05, 0.1) is 18.1 Å². The third-order valence-electron chi connectivity index (χ3n) is 4.25. The molecule has 0 spiro atoms. The van der Waals surface area contributed by atoms with E-state index >= 15 is 0 Å². The van der Waals surface area contributed by atoms with Crippen LogP contribution in [0.4, 0.5) is 35.5 Å². The Morgan fingerprint density at radius 3 is 2.15 bits per heavy atom. The molecule has 2 N–H and O–H groups in total. The van der Waals surface area contributed by atoms with E-state index < -0.39 is 47.3 Å². The second kappa shape index (κ2) is 8.46. The first kappa shape index (κ1) is 24.7. The standard InChI is InChI=1S/C19H14F7N5O3/c1-17(2,19(24,25)26)34-12-4-9(3-10(20)5-12)13-6-14(33-16(27)32)30-31(13)11-7-28-15(29-8-11)18(21,22)23/h3-8H,1-2H3,(H2,27,32). The monoisotopic (exact) mass is 493 g/mol. The van der Waals surface area contributed by atoms with Crippen LogP contribution in [-0.4, -0.2) is 37.6 Å². The third kappa shape index (κ3) is 5.35. The molecule has 0 saturated heterocycles. The van der Waals surface area contributed by atoms with Crippen molar-refractivity contribution in [3.63, 3.8) is 0 Å². The average Bonchev–Trinajstić information content (AvgIpc) is 3.09. The molecule has 1 aromatic carbocycles. The lowest BCUT2D eigenvalue weighted by Gasteiger charge is -2.29. The number of nitrogens with two attached hydrogens (primary N) is 1. The summed E-state index contributed by atoms with van der Waals surface area (Å²) >= 11 is 0. The fourth-order valence-corrected chi connectivity index (χ4v) is 2.61. The Balaban J connectivity index is 2.11. The van der Waals surface area contributed by atoms with E-state index in [4.69, 9.17) is 10.5 Å². The Morgan fingerprint density at radius 2 is 1.62 bits per heavy atom. The van der Waals surface area contributed by atoms with Gasteiger partial charge in [-0.1, -0.05) is 0 Å². The quantitative estimate of drug-likeness (QED) is 0.519. The molecule has 0 aliphatic heterocycles. The normalized spacial score (nSPS) is 12.5. The third-order valence-corrected chi connectivity index (χ3v) is 4.25. The second-order valence-electron chi connectivity index (χ2n) is 7.25. The number of primary amides is 1. The summed E-state index contributed by atoms with van der Waals surface area (Å²) in [5.41, 5.74) is 1.84. The highest BCUT2D eigenvalue weighted by Gasteiger charge is 2.50. The molecule has 0 bridgehead atoms. The molecular weight excluding hydrogens is 479 g/mol. The summed E-state index contributed by atoms with van der Waals surface area (Å²) in [4.78, 5) is 17.5. The van der Waals surface area contributed by atoms with Crippen molar-refractivity contribution in [3.05, 3.63) is 48.3 Å². The summed E-state index contributed by atoms with van der Waals surface area (Å²) in [5, 5.41) is 3.85. The first-order chi connectivity index (χ1) is 15.6. The maximum atomic E-state index is 14.3. The Bertz CT molecular complexity index is 1200. The minimum absolute atomic E-state index is 0.117. The predicted octanol–water partition coefficient (Wildman–Crippen LogP) is 4.66. The molecule has 0 atom stereocenters. The molecule has 34 heavy (non-hydrogen) atoms. The van der Waals surface area contributed by atoms with Crippen molar-refractivity contribution in [1.82, 2.24) is 19.7 Å². The number of ether oxygens (including phenoxy) is 2. The molecule has 0 radical (unpaired) electrons. The van der Waals surface area contributed by atoms with E-state index in [2.05, 4.69) is 19.8 Å². The van der Waals surface area contributed by atoms with Gasteiger partial charge in [0, 0.05) is 17.7 Å². The highest BCUT2D eigenvalue weighted by atomic mass is 19.4. The summed E-state index contributed by atoms with van der Waals surface area (Å²) in [6.07, 6.45) is -9.42. The summed E-state index contributed by atoms with van der Waals surface area (Å²) in [5.74, 6) is -3.40. The number of hydrogen-bond acceptors (Lipinski definition) is 6. The zero-order valence-electron chi connectivity index (χ0n) is 17.2. The van der Waals surface area contributed by atoms with E-state index in [1.807, 2.05) is 0 Å². The van der Waals surface area contributed by atoms with E-state index in [-0.39, 0.29) is 16.9 Å². The van der Waals surface area contributed by atoms with Crippen LogP contribution in [0, 0.1) is 5.82 Å². The van der Waals surface area contributed by atoms with Crippen LogP contribution in [0.15, 0.2) is 36.7 Å². The summed E-state index contributed by atoms with van der Waals surface area (Å²) in [6, 6.07) is 3.68. The highest BCUT2D eigenvalue weighted by Crippen LogP contribution is 2.37. The van der Waals surface area contributed by atoms with Gasteiger partial charge in [-0.25, -0.2) is 23.8 Å². The molecule has 8 nitrogen and oxygen atoms in total. The number of hydrogen-bond donors (Lipinski definition) is 1. The molecule has 0 unspecified atom stereocenters. The van der Waals surface area contributed by atoms with Crippen molar-refractivity contribution < 1.29 is 45.0 Å². The number of benzene rings is 1. The Labute approximate surface area is 186 Å². The maximum absolute atomic E-state index is 14.3. The number of amides is 1. The molecule has 0 fully saturated rings. The van der Waals surface area contributed by atoms with Crippen LogP contribution in [0.1, 0.15) is 19.7 Å². The number of nitrogens with zero attached hydrogens (tertiary/aromatic N) is 4. The maximum Gasteiger partial charge on any atom is 0.451 e. The van der Waals surface area contributed by atoms with Crippen molar-refractivity contribution in [1.29, 1.82) is 0 Å². The number of carbonyl (C=O) groups is 1. The zero-order valence-corrected chi connectivity index (χ0v) is 17.2. The smallest absolute Gasteiger partial charge is 0.451 e. The number of aromatic nitrogens is 4. The summed E-state index contributed by atoms with van der Waals surface area (Å²) in [6.45, 7) is 1.47. The predicted molar refractivity (Wildman–Crippen MR) is 101 cm³/mol. The second-order valence-corrected chi connectivity index (χ2v) is 7.25. The molecule has 0 aliphatic rings. The van der Waals surface area contributed by atoms with Crippen LogP contribution in [0.2, 0.25) is 0 Å². The van der Waals surface area contributed by atoms with Crippen LogP contribution >= 0.6 is 0 Å². The van der Waals surface area contributed by atoms with E-state index in [1.165, 1.54) is 0 Å². The van der Waals surface area contributed by atoms with Crippen LogP contribution < -0.4 is 15.2 Å². The Morgan fingerprint density at radius 1 is 1.00 bits per heavy atom. The van der Waals surface area contributed by atoms with Crippen molar-refractivity contribution in [2.75, 3.05) is 0 Å². The van der Waals surface area contributed by atoms with E-state index in [1.54, 1.807) is 0 Å². The van der Waals surface area contributed by atoms with Gasteiger partial charge in [0.25, 0.3) is 0 Å². The van der Waals surface area contributed by atoms with Gasteiger partial charge in [0.1, 0.15) is 17.3 Å². The lowest BCUT2D eigenvalue weighted by Crippen LogP contribution is -2.44. The van der Waals surface area contributed by atoms with Gasteiger partial charge in [-0.2, -0.15) is 26.3 Å². The number of rotatable bonds is 5.